The molecule has 0 aromatic carbocycles. The van der Waals surface area contributed by atoms with Crippen LogP contribution < -0.4 is 10.6 Å². The lowest BCUT2D eigenvalue weighted by atomic mass is 9.87. The van der Waals surface area contributed by atoms with Crippen LogP contribution in [0.5, 0.6) is 0 Å². The molecule has 1 aliphatic heterocycles. The molecule has 0 bridgehead atoms. The van der Waals surface area contributed by atoms with E-state index >= 15 is 0 Å². The summed E-state index contributed by atoms with van der Waals surface area (Å²) in [5, 5.41) is 5.25. The van der Waals surface area contributed by atoms with Crippen molar-refractivity contribution < 1.29 is 9.59 Å². The third-order valence-electron chi connectivity index (χ3n) is 2.94. The summed E-state index contributed by atoms with van der Waals surface area (Å²) in [6.45, 7) is 5.74. The molecule has 0 unspecified atom stereocenters. The second-order valence-electron chi connectivity index (χ2n) is 3.73. The van der Waals surface area contributed by atoms with Gasteiger partial charge < -0.3 is 10.2 Å². The Kier molecular flexibility index (Phi) is 6.92. The summed E-state index contributed by atoms with van der Waals surface area (Å²) >= 11 is 0. The highest BCUT2D eigenvalue weighted by Crippen LogP contribution is 2.21. The lowest BCUT2D eigenvalue weighted by Crippen LogP contribution is -2.60. The fraction of sp³-hybridized carbons (Fsp3) is 0.818. The highest BCUT2D eigenvalue weighted by Gasteiger charge is 2.38. The van der Waals surface area contributed by atoms with E-state index in [0.717, 1.165) is 25.9 Å². The summed E-state index contributed by atoms with van der Waals surface area (Å²) in [4.78, 5) is 24.0. The Morgan fingerprint density at radius 2 is 1.81 bits per heavy atom. The second kappa shape index (κ2) is 7.35. The summed E-state index contributed by atoms with van der Waals surface area (Å²) in [6.07, 6.45) is 1.92. The molecule has 2 N–H and O–H groups in total. The van der Waals surface area contributed by atoms with E-state index in [1.165, 1.54) is 0 Å². The van der Waals surface area contributed by atoms with Gasteiger partial charge in [-0.1, -0.05) is 13.8 Å². The predicted octanol–water partition coefficient (Wildman–Crippen LogP) is -0.0310. The standard InChI is InChI=1S/C9H17N3O2.C2H6/c1-10-9(8(14)11-7-13)3-5-12(2)6-4-9;1-2/h7,10H,3-6H2,1-2H3,(H,11,13,14);1-2H3. The van der Waals surface area contributed by atoms with Crippen molar-refractivity contribution in [3.8, 4) is 0 Å². The Hall–Kier alpha value is -0.940. The van der Waals surface area contributed by atoms with Gasteiger partial charge in [-0.05, 0) is 26.9 Å². The number of nitrogens with one attached hydrogen (secondary N) is 2. The number of likely N-dealkylation sites (tertiary alicyclic amines) is 1. The number of imide groups is 1. The van der Waals surface area contributed by atoms with Crippen LogP contribution in [0.25, 0.3) is 0 Å². The Morgan fingerprint density at radius 3 is 2.19 bits per heavy atom. The second-order valence-corrected chi connectivity index (χ2v) is 3.73. The van der Waals surface area contributed by atoms with Crippen molar-refractivity contribution in [1.82, 2.24) is 15.5 Å². The maximum atomic E-state index is 11.6. The molecule has 1 rings (SSSR count). The fourth-order valence-corrected chi connectivity index (χ4v) is 1.78. The number of nitrogens with zero attached hydrogens (tertiary/aromatic N) is 1. The number of carbonyl (C=O) groups excluding carboxylic acids is 2. The molecule has 1 heterocycles. The van der Waals surface area contributed by atoms with Gasteiger partial charge in [-0.25, -0.2) is 0 Å². The number of hydrogen-bond acceptors (Lipinski definition) is 4. The monoisotopic (exact) mass is 229 g/mol. The van der Waals surface area contributed by atoms with E-state index in [2.05, 4.69) is 15.5 Å². The maximum absolute atomic E-state index is 11.6. The Balaban J connectivity index is 0.00000106. The van der Waals surface area contributed by atoms with Crippen LogP contribution in [0.1, 0.15) is 26.7 Å². The molecule has 0 aromatic heterocycles. The predicted molar refractivity (Wildman–Crippen MR) is 64.1 cm³/mol. The molecular weight excluding hydrogens is 206 g/mol. The molecule has 5 heteroatoms. The first kappa shape index (κ1) is 15.1. The summed E-state index contributed by atoms with van der Waals surface area (Å²) in [5.41, 5.74) is -0.562. The summed E-state index contributed by atoms with van der Waals surface area (Å²) in [6, 6.07) is 0. The number of piperidine rings is 1. The third kappa shape index (κ3) is 3.57. The van der Waals surface area contributed by atoms with E-state index in [9.17, 15) is 9.59 Å². The van der Waals surface area contributed by atoms with Crippen molar-refractivity contribution in [1.29, 1.82) is 0 Å². The topological polar surface area (TPSA) is 61.4 Å². The first-order valence-electron chi connectivity index (χ1n) is 5.77. The molecule has 1 saturated heterocycles. The smallest absolute Gasteiger partial charge is 0.246 e. The third-order valence-corrected chi connectivity index (χ3v) is 2.94. The number of rotatable bonds is 3. The van der Waals surface area contributed by atoms with Crippen LogP contribution in [0.15, 0.2) is 0 Å². The largest absolute Gasteiger partial charge is 0.306 e. The first-order chi connectivity index (χ1) is 7.64. The molecule has 1 fully saturated rings. The van der Waals surface area contributed by atoms with Gasteiger partial charge in [0, 0.05) is 13.1 Å². The normalized spacial score (nSPS) is 19.2. The van der Waals surface area contributed by atoms with Crippen molar-refractivity contribution >= 4 is 12.3 Å². The minimum Gasteiger partial charge on any atom is -0.306 e. The van der Waals surface area contributed by atoms with Crippen LogP contribution >= 0.6 is 0 Å². The van der Waals surface area contributed by atoms with Crippen molar-refractivity contribution in [3.05, 3.63) is 0 Å². The molecule has 16 heavy (non-hydrogen) atoms. The molecule has 0 radical (unpaired) electrons. The summed E-state index contributed by atoms with van der Waals surface area (Å²) < 4.78 is 0. The Morgan fingerprint density at radius 1 is 1.31 bits per heavy atom. The Bertz CT molecular complexity index is 223. The van der Waals surface area contributed by atoms with Crippen LogP contribution in [-0.2, 0) is 9.59 Å². The van der Waals surface area contributed by atoms with Crippen LogP contribution in [0.4, 0.5) is 0 Å². The average Bonchev–Trinajstić information content (AvgIpc) is 2.33. The fourth-order valence-electron chi connectivity index (χ4n) is 1.78. The first-order valence-corrected chi connectivity index (χ1v) is 5.77. The van der Waals surface area contributed by atoms with Crippen LogP contribution in [0, 0.1) is 0 Å². The van der Waals surface area contributed by atoms with Gasteiger partial charge in [0.05, 0.1) is 0 Å². The summed E-state index contributed by atoms with van der Waals surface area (Å²) in [7, 11) is 3.78. The van der Waals surface area contributed by atoms with Crippen LogP contribution in [-0.4, -0.2) is 49.9 Å². The quantitative estimate of drug-likeness (QED) is 0.667. The van der Waals surface area contributed by atoms with Gasteiger partial charge in [-0.3, -0.25) is 14.9 Å². The van der Waals surface area contributed by atoms with E-state index in [1.54, 1.807) is 7.05 Å². The zero-order chi connectivity index (χ0) is 12.6. The average molecular weight is 229 g/mol. The number of likely N-dealkylation sites (N-methyl/N-ethyl adjacent to an activating group) is 1. The molecule has 0 aromatic rings. The molecule has 2 amide bonds. The van der Waals surface area contributed by atoms with Gasteiger partial charge in [0.1, 0.15) is 5.54 Å². The van der Waals surface area contributed by atoms with Gasteiger partial charge >= 0.3 is 0 Å². The zero-order valence-electron chi connectivity index (χ0n) is 10.7. The van der Waals surface area contributed by atoms with Gasteiger partial charge in [-0.15, -0.1) is 0 Å². The molecule has 0 atom stereocenters. The number of hydrogen-bond donors (Lipinski definition) is 2. The van der Waals surface area contributed by atoms with Crippen LogP contribution in [0.3, 0.4) is 0 Å². The van der Waals surface area contributed by atoms with Gasteiger partial charge in [0.25, 0.3) is 0 Å². The van der Waals surface area contributed by atoms with Crippen molar-refractivity contribution in [3.63, 3.8) is 0 Å². The zero-order valence-corrected chi connectivity index (χ0v) is 10.7. The molecule has 94 valence electrons. The highest BCUT2D eigenvalue weighted by molar-refractivity contribution is 5.93. The number of amides is 2. The molecule has 1 aliphatic rings. The van der Waals surface area contributed by atoms with Crippen molar-refractivity contribution in [2.24, 2.45) is 0 Å². The van der Waals surface area contributed by atoms with Crippen molar-refractivity contribution in [2.75, 3.05) is 27.2 Å². The van der Waals surface area contributed by atoms with E-state index in [0.29, 0.717) is 6.41 Å². The van der Waals surface area contributed by atoms with E-state index in [4.69, 9.17) is 0 Å². The van der Waals surface area contributed by atoms with Gasteiger partial charge in [-0.2, -0.15) is 0 Å². The minimum absolute atomic E-state index is 0.219. The highest BCUT2D eigenvalue weighted by atomic mass is 16.2. The lowest BCUT2D eigenvalue weighted by molar-refractivity contribution is -0.132. The van der Waals surface area contributed by atoms with Crippen LogP contribution in [0.2, 0.25) is 0 Å². The molecule has 5 nitrogen and oxygen atoms in total. The lowest BCUT2D eigenvalue weighted by Gasteiger charge is -2.38. The van der Waals surface area contributed by atoms with E-state index in [1.807, 2.05) is 20.9 Å². The van der Waals surface area contributed by atoms with E-state index in [-0.39, 0.29) is 5.91 Å². The summed E-state index contributed by atoms with van der Waals surface area (Å²) in [5.74, 6) is -0.219. The van der Waals surface area contributed by atoms with E-state index < -0.39 is 5.54 Å². The maximum Gasteiger partial charge on any atom is 0.246 e. The van der Waals surface area contributed by atoms with Gasteiger partial charge in [0.2, 0.25) is 12.3 Å². The Labute approximate surface area is 97.6 Å². The molecule has 0 spiro atoms. The van der Waals surface area contributed by atoms with Gasteiger partial charge in [0.15, 0.2) is 0 Å². The molecular formula is C11H23N3O2. The SMILES string of the molecule is CC.CNC1(C(=O)NC=O)CCN(C)CC1. The molecule has 0 aliphatic carbocycles. The minimum atomic E-state index is -0.562. The van der Waals surface area contributed by atoms with Crippen molar-refractivity contribution in [2.45, 2.75) is 32.2 Å². The number of carbonyl (C=O) groups is 2. The molecule has 0 saturated carbocycles.